The quantitative estimate of drug-likeness (QED) is 0.481. The van der Waals surface area contributed by atoms with Gasteiger partial charge in [-0.15, -0.1) is 0 Å². The van der Waals surface area contributed by atoms with Crippen LogP contribution < -0.4 is 5.46 Å². The molecule has 0 unspecified atom stereocenters. The third kappa shape index (κ3) is 1.72. The molecule has 1 radical (unpaired) electrons. The van der Waals surface area contributed by atoms with Gasteiger partial charge in [-0.2, -0.15) is 0 Å². The zero-order valence-corrected chi connectivity index (χ0v) is 5.86. The summed E-state index contributed by atoms with van der Waals surface area (Å²) in [7, 11) is 0.894. The van der Waals surface area contributed by atoms with Crippen molar-refractivity contribution in [3.05, 3.63) is 23.8 Å². The van der Waals surface area contributed by atoms with Gasteiger partial charge in [-0.25, -0.2) is 0 Å². The molecule has 0 saturated heterocycles. The van der Waals surface area contributed by atoms with Crippen molar-refractivity contribution in [1.29, 1.82) is 0 Å². The molecule has 0 spiro atoms. The summed E-state index contributed by atoms with van der Waals surface area (Å²) in [6.07, 6.45) is 0. The van der Waals surface area contributed by atoms with Crippen LogP contribution in [-0.4, -0.2) is 22.7 Å². The van der Waals surface area contributed by atoms with Crippen LogP contribution in [0.15, 0.2) is 18.2 Å². The first-order valence-corrected chi connectivity index (χ1v) is 3.18. The molecule has 0 fully saturated rings. The van der Waals surface area contributed by atoms with Gasteiger partial charge in [-0.05, 0) is 23.2 Å². The van der Waals surface area contributed by atoms with E-state index in [0.29, 0.717) is 11.0 Å². The normalized spacial score (nSPS) is 9.64. The van der Waals surface area contributed by atoms with E-state index >= 15 is 0 Å². The Labute approximate surface area is 65.2 Å². The number of benzene rings is 1. The Kier molecular flexibility index (Phi) is 2.51. The van der Waals surface area contributed by atoms with Crippen LogP contribution in [0.25, 0.3) is 0 Å². The van der Waals surface area contributed by atoms with Crippen molar-refractivity contribution in [2.75, 3.05) is 0 Å². The predicted octanol–water partition coefficient (Wildman–Crippen LogP) is -0.879. The molecule has 3 nitrogen and oxygen atoms in total. The van der Waals surface area contributed by atoms with E-state index in [1.807, 2.05) is 0 Å². The summed E-state index contributed by atoms with van der Waals surface area (Å²) in [4.78, 5) is 0. The highest BCUT2D eigenvalue weighted by Gasteiger charge is 2.01. The molecule has 0 aliphatic carbocycles. The van der Waals surface area contributed by atoms with E-state index in [-0.39, 0.29) is 12.4 Å². The van der Waals surface area contributed by atoms with Gasteiger partial charge in [0.25, 0.3) is 0 Å². The number of hydrogen-bond acceptors (Lipinski definition) is 3. The molecule has 3 N–H and O–H groups in total. The Hall–Kier alpha value is -0.995. The van der Waals surface area contributed by atoms with Gasteiger partial charge in [0, 0.05) is 0 Å². The van der Waals surface area contributed by atoms with E-state index < -0.39 is 0 Å². The molecule has 0 bridgehead atoms. The first-order chi connectivity index (χ1) is 5.27. The van der Waals surface area contributed by atoms with Crippen LogP contribution in [0.5, 0.6) is 5.75 Å². The average Bonchev–Trinajstić information content (AvgIpc) is 2.04. The third-order valence-electron chi connectivity index (χ3n) is 1.44. The molecule has 4 heteroatoms. The van der Waals surface area contributed by atoms with Crippen molar-refractivity contribution in [3.8, 4) is 5.75 Å². The van der Waals surface area contributed by atoms with Crippen molar-refractivity contribution in [3.63, 3.8) is 0 Å². The second-order valence-corrected chi connectivity index (χ2v) is 2.17. The summed E-state index contributed by atoms with van der Waals surface area (Å²) in [6.45, 7) is -0.194. The van der Waals surface area contributed by atoms with Crippen LogP contribution in [0.3, 0.4) is 0 Å². The molecule has 0 aliphatic rings. The molecule has 1 aromatic carbocycles. The fourth-order valence-corrected chi connectivity index (χ4v) is 0.855. The van der Waals surface area contributed by atoms with E-state index in [0.717, 1.165) is 7.48 Å². The Morgan fingerprint density at radius 2 is 2.09 bits per heavy atom. The highest BCUT2D eigenvalue weighted by molar-refractivity contribution is 6.46. The highest BCUT2D eigenvalue weighted by atomic mass is 16.3. The van der Waals surface area contributed by atoms with Gasteiger partial charge in [0.2, 0.25) is 0 Å². The maximum Gasteiger partial charge on any atom is 0.327 e. The SMILES string of the molecule is O[B]c1ccc(O)cc1CO. The molecule has 0 aromatic heterocycles. The van der Waals surface area contributed by atoms with Crippen molar-refractivity contribution >= 4 is 12.9 Å². The number of aliphatic hydroxyl groups is 1. The van der Waals surface area contributed by atoms with Crippen molar-refractivity contribution < 1.29 is 15.2 Å². The molecule has 0 saturated carbocycles. The standard InChI is InChI=1S/C7H8BO3/c9-4-5-3-6(10)1-2-7(5)8-11/h1-3,9-11H,4H2. The van der Waals surface area contributed by atoms with Crippen LogP contribution in [0.1, 0.15) is 5.56 Å². The van der Waals surface area contributed by atoms with E-state index in [4.69, 9.17) is 15.2 Å². The summed E-state index contributed by atoms with van der Waals surface area (Å²) in [5.41, 5.74) is 1.03. The monoisotopic (exact) mass is 151 g/mol. The molecule has 1 rings (SSSR count). The van der Waals surface area contributed by atoms with Crippen LogP contribution in [-0.2, 0) is 6.61 Å². The second-order valence-electron chi connectivity index (χ2n) is 2.17. The van der Waals surface area contributed by atoms with Gasteiger partial charge in [0.05, 0.1) is 6.61 Å². The van der Waals surface area contributed by atoms with Crippen molar-refractivity contribution in [2.24, 2.45) is 0 Å². The van der Waals surface area contributed by atoms with E-state index in [1.54, 1.807) is 0 Å². The molecule has 11 heavy (non-hydrogen) atoms. The maximum atomic E-state index is 8.96. The Morgan fingerprint density at radius 1 is 1.36 bits per heavy atom. The average molecular weight is 151 g/mol. The number of hydrogen-bond donors (Lipinski definition) is 3. The summed E-state index contributed by atoms with van der Waals surface area (Å²) in [5.74, 6) is 0.0830. The second kappa shape index (κ2) is 3.41. The number of phenolic OH excluding ortho intramolecular Hbond substituents is 1. The molecule has 1 aromatic rings. The molecule has 0 amide bonds. The topological polar surface area (TPSA) is 60.7 Å². The minimum absolute atomic E-state index is 0.0830. The smallest absolute Gasteiger partial charge is 0.327 e. The summed E-state index contributed by atoms with van der Waals surface area (Å²) >= 11 is 0. The lowest BCUT2D eigenvalue weighted by Gasteiger charge is -2.02. The number of rotatable bonds is 2. The third-order valence-corrected chi connectivity index (χ3v) is 1.44. The van der Waals surface area contributed by atoms with Gasteiger partial charge < -0.3 is 15.2 Å². The summed E-state index contributed by atoms with van der Waals surface area (Å²) in [6, 6.07) is 4.38. The molecular weight excluding hydrogens is 143 g/mol. The summed E-state index contributed by atoms with van der Waals surface area (Å²) < 4.78 is 0. The maximum absolute atomic E-state index is 8.96. The van der Waals surface area contributed by atoms with Crippen LogP contribution in [0.4, 0.5) is 0 Å². The Bertz CT molecular complexity index is 249. The first-order valence-electron chi connectivity index (χ1n) is 3.18. The number of aliphatic hydroxyl groups excluding tert-OH is 1. The van der Waals surface area contributed by atoms with Gasteiger partial charge >= 0.3 is 7.48 Å². The number of aromatic hydroxyl groups is 1. The van der Waals surface area contributed by atoms with Gasteiger partial charge in [0.1, 0.15) is 5.75 Å². The zero-order valence-electron chi connectivity index (χ0n) is 5.86. The molecule has 0 atom stereocenters. The predicted molar refractivity (Wildman–Crippen MR) is 41.6 cm³/mol. The van der Waals surface area contributed by atoms with E-state index in [2.05, 4.69) is 0 Å². The lowest BCUT2D eigenvalue weighted by molar-refractivity contribution is 0.282. The van der Waals surface area contributed by atoms with Crippen molar-refractivity contribution in [1.82, 2.24) is 0 Å². The minimum atomic E-state index is -0.194. The summed E-state index contributed by atoms with van der Waals surface area (Å²) in [5, 5.41) is 26.3. The van der Waals surface area contributed by atoms with Gasteiger partial charge in [-0.1, -0.05) is 6.07 Å². The lowest BCUT2D eigenvalue weighted by atomic mass is 9.84. The Balaban J connectivity index is 3.06. The zero-order chi connectivity index (χ0) is 8.27. The van der Waals surface area contributed by atoms with Gasteiger partial charge in [-0.3, -0.25) is 0 Å². The minimum Gasteiger partial charge on any atom is -0.508 e. The molecular formula is C7H8BO3. The largest absolute Gasteiger partial charge is 0.508 e. The first kappa shape index (κ1) is 8.10. The molecule has 0 heterocycles. The molecule has 57 valence electrons. The van der Waals surface area contributed by atoms with Crippen LogP contribution in [0.2, 0.25) is 0 Å². The fraction of sp³-hybridized carbons (Fsp3) is 0.143. The van der Waals surface area contributed by atoms with E-state index in [9.17, 15) is 0 Å². The lowest BCUT2D eigenvalue weighted by Crippen LogP contribution is -2.18. The molecule has 0 aliphatic heterocycles. The van der Waals surface area contributed by atoms with Crippen LogP contribution >= 0.6 is 0 Å². The van der Waals surface area contributed by atoms with Crippen molar-refractivity contribution in [2.45, 2.75) is 6.61 Å². The Morgan fingerprint density at radius 3 is 2.64 bits per heavy atom. The fourth-order valence-electron chi connectivity index (χ4n) is 0.855. The van der Waals surface area contributed by atoms with Gasteiger partial charge in [0.15, 0.2) is 0 Å². The number of phenols is 1. The highest BCUT2D eigenvalue weighted by Crippen LogP contribution is 2.08. The van der Waals surface area contributed by atoms with Crippen LogP contribution in [0, 0.1) is 0 Å². The van der Waals surface area contributed by atoms with E-state index in [1.165, 1.54) is 18.2 Å².